The molecular formula is C31H38F3N5O5. The molecule has 3 rings (SSSR count). The van der Waals surface area contributed by atoms with Crippen molar-refractivity contribution in [2.75, 3.05) is 26.7 Å². The average molecular weight is 618 g/mol. The number of carbonyl (C=O) groups is 5. The van der Waals surface area contributed by atoms with Gasteiger partial charge in [0.25, 0.3) is 5.91 Å². The summed E-state index contributed by atoms with van der Waals surface area (Å²) in [5.74, 6) is -3.34. The van der Waals surface area contributed by atoms with E-state index in [0.717, 1.165) is 22.6 Å². The molecule has 1 heterocycles. The summed E-state index contributed by atoms with van der Waals surface area (Å²) in [4.78, 5) is 68.8. The van der Waals surface area contributed by atoms with E-state index in [9.17, 15) is 37.1 Å². The lowest BCUT2D eigenvalue weighted by molar-refractivity contribution is -0.142. The highest BCUT2D eigenvalue weighted by Crippen LogP contribution is 2.29. The van der Waals surface area contributed by atoms with Crippen LogP contribution in [0.3, 0.4) is 0 Å². The second kappa shape index (κ2) is 14.8. The van der Waals surface area contributed by atoms with E-state index in [4.69, 9.17) is 0 Å². The fourth-order valence-electron chi connectivity index (χ4n) is 4.77. The van der Waals surface area contributed by atoms with Crippen LogP contribution in [0.25, 0.3) is 0 Å². The summed E-state index contributed by atoms with van der Waals surface area (Å²) >= 11 is 0. The van der Waals surface area contributed by atoms with Gasteiger partial charge in [-0.3, -0.25) is 24.0 Å². The lowest BCUT2D eigenvalue weighted by Gasteiger charge is -2.30. The minimum Gasteiger partial charge on any atom is -0.353 e. The highest BCUT2D eigenvalue weighted by atomic mass is 19.4. The third-order valence-corrected chi connectivity index (χ3v) is 7.30. The zero-order valence-corrected chi connectivity index (χ0v) is 25.1. The molecule has 13 heteroatoms. The first-order valence-electron chi connectivity index (χ1n) is 14.3. The number of nitrogens with zero attached hydrogens (tertiary/aromatic N) is 2. The average Bonchev–Trinajstić information content (AvgIpc) is 2.97. The Morgan fingerprint density at radius 1 is 0.955 bits per heavy atom. The topological polar surface area (TPSA) is 128 Å². The lowest BCUT2D eigenvalue weighted by atomic mass is 10.0. The van der Waals surface area contributed by atoms with E-state index in [-0.39, 0.29) is 37.4 Å². The normalized spacial score (nSPS) is 21.2. The van der Waals surface area contributed by atoms with Gasteiger partial charge in [0, 0.05) is 32.1 Å². The van der Waals surface area contributed by atoms with Gasteiger partial charge in [-0.1, -0.05) is 50.2 Å². The van der Waals surface area contributed by atoms with E-state index in [1.165, 1.54) is 24.9 Å². The van der Waals surface area contributed by atoms with Crippen molar-refractivity contribution in [3.05, 3.63) is 71.3 Å². The number of hydrogen-bond donors (Lipinski definition) is 3. The highest BCUT2D eigenvalue weighted by molar-refractivity contribution is 5.98. The van der Waals surface area contributed by atoms with Gasteiger partial charge in [0.05, 0.1) is 12.1 Å². The highest BCUT2D eigenvalue weighted by Gasteiger charge is 2.34. The van der Waals surface area contributed by atoms with Crippen LogP contribution in [-0.4, -0.2) is 84.1 Å². The molecule has 0 aromatic heterocycles. The van der Waals surface area contributed by atoms with Crippen LogP contribution in [0, 0.1) is 5.92 Å². The predicted molar refractivity (Wildman–Crippen MR) is 156 cm³/mol. The maximum absolute atomic E-state index is 13.5. The number of rotatable bonds is 5. The number of likely N-dealkylation sites (N-methyl/N-ethyl adjacent to an activating group) is 1. The van der Waals surface area contributed by atoms with Crippen LogP contribution in [0.5, 0.6) is 0 Å². The van der Waals surface area contributed by atoms with Gasteiger partial charge in [-0.25, -0.2) is 0 Å². The first-order chi connectivity index (χ1) is 20.7. The van der Waals surface area contributed by atoms with Crippen molar-refractivity contribution < 1.29 is 37.1 Å². The summed E-state index contributed by atoms with van der Waals surface area (Å²) in [6, 6.07) is 9.70. The van der Waals surface area contributed by atoms with Crippen LogP contribution >= 0.6 is 0 Å². The van der Waals surface area contributed by atoms with Gasteiger partial charge in [0.15, 0.2) is 0 Å². The Hall–Kier alpha value is -4.42. The van der Waals surface area contributed by atoms with Crippen molar-refractivity contribution >= 4 is 29.5 Å². The lowest BCUT2D eigenvalue weighted by Crippen LogP contribution is -2.57. The summed E-state index contributed by atoms with van der Waals surface area (Å²) in [6.07, 6.45) is -4.34. The summed E-state index contributed by atoms with van der Waals surface area (Å²) in [5.41, 5.74) is -0.566. The van der Waals surface area contributed by atoms with E-state index < -0.39 is 65.9 Å². The number of hydrogen-bond acceptors (Lipinski definition) is 5. The Kier molecular flexibility index (Phi) is 11.5. The van der Waals surface area contributed by atoms with Gasteiger partial charge in [0.2, 0.25) is 23.6 Å². The first kappa shape index (κ1) is 34.1. The van der Waals surface area contributed by atoms with E-state index in [1.807, 2.05) is 13.8 Å². The summed E-state index contributed by atoms with van der Waals surface area (Å²) in [5, 5.41) is 8.00. The van der Waals surface area contributed by atoms with Gasteiger partial charge in [0.1, 0.15) is 18.1 Å². The maximum Gasteiger partial charge on any atom is 0.416 e. The monoisotopic (exact) mass is 617 g/mol. The van der Waals surface area contributed by atoms with E-state index >= 15 is 0 Å². The van der Waals surface area contributed by atoms with E-state index in [1.54, 1.807) is 30.3 Å². The molecule has 0 unspecified atom stereocenters. The maximum atomic E-state index is 13.5. The minimum atomic E-state index is -4.69. The molecule has 0 spiro atoms. The van der Waals surface area contributed by atoms with Gasteiger partial charge >= 0.3 is 6.18 Å². The van der Waals surface area contributed by atoms with Crippen LogP contribution in [0.4, 0.5) is 13.2 Å². The zero-order chi connectivity index (χ0) is 32.6. The molecule has 5 amide bonds. The molecule has 1 aliphatic heterocycles. The molecule has 3 atom stereocenters. The molecule has 10 nitrogen and oxygen atoms in total. The number of amides is 5. The molecule has 44 heavy (non-hydrogen) atoms. The fourth-order valence-corrected chi connectivity index (χ4v) is 4.77. The number of halogens is 3. The molecule has 1 fully saturated rings. The largest absolute Gasteiger partial charge is 0.416 e. The van der Waals surface area contributed by atoms with Gasteiger partial charge in [-0.15, -0.1) is 0 Å². The van der Waals surface area contributed by atoms with Crippen molar-refractivity contribution in [3.63, 3.8) is 0 Å². The number of alkyl halides is 3. The molecule has 0 bridgehead atoms. The van der Waals surface area contributed by atoms with Crippen LogP contribution in [-0.2, 0) is 31.8 Å². The summed E-state index contributed by atoms with van der Waals surface area (Å²) in [7, 11) is 1.42. The van der Waals surface area contributed by atoms with Crippen molar-refractivity contribution in [1.29, 1.82) is 0 Å². The molecule has 238 valence electrons. The second-order valence-corrected chi connectivity index (χ2v) is 11.2. The molecular weight excluding hydrogens is 579 g/mol. The standard InChI is InChI=1S/C31H38F3N5O5/c1-19(2)15-25-30(44)38(4)20(3)27(41)37-24(16-21-9-6-5-7-10-21)28(42)35-13-14-39(18-26(40)36-25)29(43)22-11-8-12-23(17-22)31(32,33)34/h5-12,17,19-20,24-25H,13-16,18H2,1-4H3,(H,35,42)(H,36,40)(H,37,41)/t20-,24-,25-/m0/s1. The van der Waals surface area contributed by atoms with E-state index in [2.05, 4.69) is 16.0 Å². The third-order valence-electron chi connectivity index (χ3n) is 7.30. The van der Waals surface area contributed by atoms with Gasteiger partial charge in [-0.05, 0) is 43.0 Å². The summed E-state index contributed by atoms with van der Waals surface area (Å²) < 4.78 is 40.0. The molecule has 1 aliphatic rings. The van der Waals surface area contributed by atoms with Crippen molar-refractivity contribution in [3.8, 4) is 0 Å². The molecule has 2 aromatic rings. The number of carbonyl (C=O) groups excluding carboxylic acids is 5. The van der Waals surface area contributed by atoms with Crippen LogP contribution < -0.4 is 16.0 Å². The first-order valence-corrected chi connectivity index (χ1v) is 14.3. The summed E-state index contributed by atoms with van der Waals surface area (Å²) in [6.45, 7) is 4.21. The Morgan fingerprint density at radius 2 is 1.64 bits per heavy atom. The smallest absolute Gasteiger partial charge is 0.353 e. The Labute approximate surface area is 254 Å². The van der Waals surface area contributed by atoms with Crippen LogP contribution in [0.1, 0.15) is 48.7 Å². The second-order valence-electron chi connectivity index (χ2n) is 11.2. The minimum absolute atomic E-state index is 0.0382. The Morgan fingerprint density at radius 3 is 2.27 bits per heavy atom. The number of benzene rings is 2. The van der Waals surface area contributed by atoms with Crippen LogP contribution in [0.15, 0.2) is 54.6 Å². The molecule has 0 aliphatic carbocycles. The van der Waals surface area contributed by atoms with Gasteiger partial charge in [-0.2, -0.15) is 13.2 Å². The molecule has 0 radical (unpaired) electrons. The Bertz CT molecular complexity index is 1350. The quantitative estimate of drug-likeness (QED) is 0.475. The van der Waals surface area contributed by atoms with Crippen molar-refractivity contribution in [1.82, 2.24) is 25.8 Å². The zero-order valence-electron chi connectivity index (χ0n) is 25.1. The molecule has 2 aromatic carbocycles. The number of nitrogens with one attached hydrogen (secondary N) is 3. The molecule has 3 N–H and O–H groups in total. The Balaban J connectivity index is 1.97. The van der Waals surface area contributed by atoms with Crippen molar-refractivity contribution in [2.45, 2.75) is 57.9 Å². The predicted octanol–water partition coefficient (Wildman–Crippen LogP) is 2.38. The van der Waals surface area contributed by atoms with Crippen molar-refractivity contribution in [2.24, 2.45) is 5.92 Å². The fraction of sp³-hybridized carbons (Fsp3) is 0.452. The molecule has 1 saturated heterocycles. The van der Waals surface area contributed by atoms with E-state index in [0.29, 0.717) is 6.07 Å². The van der Waals surface area contributed by atoms with Gasteiger partial charge < -0.3 is 25.8 Å². The van der Waals surface area contributed by atoms with Crippen LogP contribution in [0.2, 0.25) is 0 Å². The molecule has 0 saturated carbocycles. The SMILES string of the molecule is CC(C)C[C@@H]1NC(=O)CN(C(=O)c2cccc(C(F)(F)F)c2)CCNC(=O)[C@H](Cc2ccccc2)NC(=O)[C@H](C)N(C)C1=O. The third kappa shape index (κ3) is 9.29.